The van der Waals surface area contributed by atoms with Gasteiger partial charge in [0.1, 0.15) is 0 Å². The first-order valence-electron chi connectivity index (χ1n) is 4.85. The molecular formula is C11H14BrNO. The van der Waals surface area contributed by atoms with Crippen LogP contribution in [-0.4, -0.2) is 6.61 Å². The molecule has 76 valence electrons. The molecule has 14 heavy (non-hydrogen) atoms. The van der Waals surface area contributed by atoms with Gasteiger partial charge >= 0.3 is 0 Å². The van der Waals surface area contributed by atoms with E-state index in [1.54, 1.807) is 0 Å². The van der Waals surface area contributed by atoms with Crippen LogP contribution in [0.3, 0.4) is 0 Å². The second-order valence-corrected chi connectivity index (χ2v) is 4.87. The van der Waals surface area contributed by atoms with Crippen molar-refractivity contribution in [3.05, 3.63) is 34.3 Å². The normalized spacial score (nSPS) is 19.0. The van der Waals surface area contributed by atoms with Gasteiger partial charge in [0.15, 0.2) is 0 Å². The molecule has 0 aromatic heterocycles. The van der Waals surface area contributed by atoms with E-state index >= 15 is 0 Å². The van der Waals surface area contributed by atoms with Gasteiger partial charge in [0.25, 0.3) is 0 Å². The fraction of sp³-hybridized carbons (Fsp3) is 0.455. The lowest BCUT2D eigenvalue weighted by Crippen LogP contribution is -2.39. The van der Waals surface area contributed by atoms with Crippen molar-refractivity contribution in [2.75, 3.05) is 6.61 Å². The summed E-state index contributed by atoms with van der Waals surface area (Å²) >= 11 is 3.49. The van der Waals surface area contributed by atoms with E-state index in [0.717, 1.165) is 4.47 Å². The lowest BCUT2D eigenvalue weighted by Gasteiger charge is -2.41. The Morgan fingerprint density at radius 2 is 2.21 bits per heavy atom. The second-order valence-electron chi connectivity index (χ2n) is 3.96. The van der Waals surface area contributed by atoms with Crippen LogP contribution in [0.2, 0.25) is 0 Å². The minimum atomic E-state index is 0.179. The van der Waals surface area contributed by atoms with Gasteiger partial charge in [0, 0.05) is 9.89 Å². The van der Waals surface area contributed by atoms with Gasteiger partial charge in [-0.3, -0.25) is 0 Å². The molecule has 0 heterocycles. The first kappa shape index (κ1) is 10.1. The molecule has 3 heteroatoms. The Morgan fingerprint density at radius 3 is 2.71 bits per heavy atom. The van der Waals surface area contributed by atoms with Crippen LogP contribution < -0.4 is 5.90 Å². The Labute approximate surface area is 92.5 Å². The van der Waals surface area contributed by atoms with E-state index in [1.165, 1.54) is 24.8 Å². The summed E-state index contributed by atoms with van der Waals surface area (Å²) in [4.78, 5) is 4.83. The third kappa shape index (κ3) is 1.72. The van der Waals surface area contributed by atoms with Gasteiger partial charge in [-0.25, -0.2) is 5.90 Å². The predicted octanol–water partition coefficient (Wildman–Crippen LogP) is 2.76. The molecule has 0 radical (unpaired) electrons. The molecule has 2 rings (SSSR count). The molecule has 0 amide bonds. The van der Waals surface area contributed by atoms with E-state index in [9.17, 15) is 0 Å². The van der Waals surface area contributed by atoms with Crippen molar-refractivity contribution in [1.29, 1.82) is 0 Å². The topological polar surface area (TPSA) is 35.2 Å². The van der Waals surface area contributed by atoms with Crippen molar-refractivity contribution >= 4 is 15.9 Å². The van der Waals surface area contributed by atoms with Crippen LogP contribution in [-0.2, 0) is 10.3 Å². The molecule has 1 aromatic carbocycles. The van der Waals surface area contributed by atoms with E-state index in [-0.39, 0.29) is 5.41 Å². The van der Waals surface area contributed by atoms with E-state index in [0.29, 0.717) is 6.61 Å². The number of benzene rings is 1. The van der Waals surface area contributed by atoms with Gasteiger partial charge in [0.2, 0.25) is 0 Å². The highest BCUT2D eigenvalue weighted by Crippen LogP contribution is 2.44. The fourth-order valence-corrected chi connectivity index (χ4v) is 2.50. The Balaban J connectivity index is 2.27. The molecule has 0 spiro atoms. The van der Waals surface area contributed by atoms with E-state index < -0.39 is 0 Å². The third-order valence-electron chi connectivity index (χ3n) is 3.11. The summed E-state index contributed by atoms with van der Waals surface area (Å²) in [7, 11) is 0. The van der Waals surface area contributed by atoms with E-state index in [4.69, 9.17) is 10.7 Å². The van der Waals surface area contributed by atoms with Gasteiger partial charge in [-0.1, -0.05) is 34.5 Å². The monoisotopic (exact) mass is 255 g/mol. The smallest absolute Gasteiger partial charge is 0.0775 e. The fourth-order valence-electron chi connectivity index (χ4n) is 2.10. The lowest BCUT2D eigenvalue weighted by molar-refractivity contribution is 0.0450. The minimum absolute atomic E-state index is 0.179. The summed E-state index contributed by atoms with van der Waals surface area (Å²) in [5.74, 6) is 5.19. The van der Waals surface area contributed by atoms with Crippen molar-refractivity contribution in [3.8, 4) is 0 Å². The maximum absolute atomic E-state index is 5.19. The molecule has 0 bridgehead atoms. The quantitative estimate of drug-likeness (QED) is 0.844. The average Bonchev–Trinajstić information content (AvgIpc) is 2.11. The molecule has 1 aliphatic rings. The summed E-state index contributed by atoms with van der Waals surface area (Å²) < 4.78 is 1.12. The molecule has 0 atom stereocenters. The Bertz CT molecular complexity index is 323. The van der Waals surface area contributed by atoms with Crippen LogP contribution in [0.15, 0.2) is 28.7 Å². The number of hydrogen-bond donors (Lipinski definition) is 1. The van der Waals surface area contributed by atoms with Gasteiger partial charge in [-0.05, 0) is 30.5 Å². The van der Waals surface area contributed by atoms with Crippen molar-refractivity contribution in [1.82, 2.24) is 0 Å². The average molecular weight is 256 g/mol. The third-order valence-corrected chi connectivity index (χ3v) is 3.60. The second kappa shape index (κ2) is 4.01. The summed E-state index contributed by atoms with van der Waals surface area (Å²) in [6, 6.07) is 8.43. The standard InChI is InChI=1S/C11H14BrNO/c12-10-4-1-3-9(7-10)11(8-14-13)5-2-6-11/h1,3-4,7H,2,5-6,8,13H2. The SMILES string of the molecule is NOCC1(c2cccc(Br)c2)CCC1. The van der Waals surface area contributed by atoms with Crippen LogP contribution in [0.5, 0.6) is 0 Å². The Hall–Kier alpha value is -0.380. The molecule has 0 saturated heterocycles. The van der Waals surface area contributed by atoms with Gasteiger partial charge in [-0.2, -0.15) is 0 Å². The molecule has 1 saturated carbocycles. The number of hydrogen-bond acceptors (Lipinski definition) is 2. The van der Waals surface area contributed by atoms with Crippen molar-refractivity contribution in [2.45, 2.75) is 24.7 Å². The van der Waals surface area contributed by atoms with Crippen LogP contribution >= 0.6 is 15.9 Å². The highest BCUT2D eigenvalue weighted by atomic mass is 79.9. The van der Waals surface area contributed by atoms with Crippen LogP contribution in [0.1, 0.15) is 24.8 Å². The molecule has 1 fully saturated rings. The molecule has 2 nitrogen and oxygen atoms in total. The minimum Gasteiger partial charge on any atom is -0.304 e. The molecule has 0 unspecified atom stereocenters. The largest absolute Gasteiger partial charge is 0.304 e. The number of rotatable bonds is 3. The molecular weight excluding hydrogens is 242 g/mol. The van der Waals surface area contributed by atoms with E-state index in [1.807, 2.05) is 6.07 Å². The van der Waals surface area contributed by atoms with Crippen molar-refractivity contribution < 1.29 is 4.84 Å². The summed E-state index contributed by atoms with van der Waals surface area (Å²) in [6.45, 7) is 0.628. The first-order valence-corrected chi connectivity index (χ1v) is 5.64. The van der Waals surface area contributed by atoms with E-state index in [2.05, 4.69) is 34.1 Å². The number of nitrogens with two attached hydrogens (primary N) is 1. The molecule has 1 aliphatic carbocycles. The maximum atomic E-state index is 5.19. The predicted molar refractivity (Wildman–Crippen MR) is 59.8 cm³/mol. The zero-order valence-electron chi connectivity index (χ0n) is 8.00. The van der Waals surface area contributed by atoms with Gasteiger partial charge < -0.3 is 4.84 Å². The summed E-state index contributed by atoms with van der Waals surface area (Å²) in [5, 5.41) is 0. The van der Waals surface area contributed by atoms with Crippen LogP contribution in [0.25, 0.3) is 0 Å². The van der Waals surface area contributed by atoms with Crippen LogP contribution in [0, 0.1) is 0 Å². The van der Waals surface area contributed by atoms with Gasteiger partial charge in [0.05, 0.1) is 6.61 Å². The highest BCUT2D eigenvalue weighted by Gasteiger charge is 2.38. The Kier molecular flexibility index (Phi) is 2.91. The summed E-state index contributed by atoms with van der Waals surface area (Å²) in [6.07, 6.45) is 3.64. The van der Waals surface area contributed by atoms with Crippen LogP contribution in [0.4, 0.5) is 0 Å². The first-order chi connectivity index (χ1) is 6.77. The van der Waals surface area contributed by atoms with Crippen molar-refractivity contribution in [2.24, 2.45) is 5.90 Å². The van der Waals surface area contributed by atoms with Crippen molar-refractivity contribution in [3.63, 3.8) is 0 Å². The molecule has 0 aliphatic heterocycles. The lowest BCUT2D eigenvalue weighted by atomic mass is 9.65. The zero-order valence-corrected chi connectivity index (χ0v) is 9.59. The number of halogens is 1. The molecule has 2 N–H and O–H groups in total. The zero-order chi connectivity index (χ0) is 10.0. The molecule has 1 aromatic rings. The maximum Gasteiger partial charge on any atom is 0.0775 e. The van der Waals surface area contributed by atoms with Gasteiger partial charge in [-0.15, -0.1) is 0 Å². The highest BCUT2D eigenvalue weighted by molar-refractivity contribution is 9.10. The summed E-state index contributed by atoms with van der Waals surface area (Å²) in [5.41, 5.74) is 1.52. The Morgan fingerprint density at radius 1 is 1.43 bits per heavy atom.